The number of amides is 1. The minimum Gasteiger partial charge on any atom is -0.372 e. The van der Waals surface area contributed by atoms with E-state index in [1.807, 2.05) is 25.8 Å². The number of morpholine rings is 1. The molecule has 0 radical (unpaired) electrons. The maximum atomic E-state index is 12.2. The van der Waals surface area contributed by atoms with Crippen LogP contribution in [-0.2, 0) is 22.6 Å². The van der Waals surface area contributed by atoms with Crippen molar-refractivity contribution in [3.8, 4) is 0 Å². The van der Waals surface area contributed by atoms with E-state index in [-0.39, 0.29) is 24.7 Å². The zero-order valence-corrected chi connectivity index (χ0v) is 11.7. The lowest BCUT2D eigenvalue weighted by Crippen LogP contribution is -2.49. The van der Waals surface area contributed by atoms with Crippen LogP contribution in [0.3, 0.4) is 0 Å². The van der Waals surface area contributed by atoms with E-state index in [1.54, 1.807) is 10.9 Å². The third kappa shape index (κ3) is 3.74. The predicted octanol–water partition coefficient (Wildman–Crippen LogP) is -0.367. The van der Waals surface area contributed by atoms with Crippen LogP contribution in [0.4, 0.5) is 0 Å². The predicted molar refractivity (Wildman–Crippen MR) is 69.4 cm³/mol. The van der Waals surface area contributed by atoms with Gasteiger partial charge in [0, 0.05) is 19.6 Å². The van der Waals surface area contributed by atoms with Crippen LogP contribution in [-0.4, -0.2) is 58.1 Å². The van der Waals surface area contributed by atoms with Gasteiger partial charge >= 0.3 is 0 Å². The van der Waals surface area contributed by atoms with E-state index in [0.717, 1.165) is 5.69 Å². The fourth-order valence-corrected chi connectivity index (χ4v) is 2.30. The Kier molecular flexibility index (Phi) is 4.49. The molecular weight excluding hydrogens is 246 g/mol. The molecule has 2 unspecified atom stereocenters. The molecule has 1 aliphatic heterocycles. The van der Waals surface area contributed by atoms with Crippen LogP contribution in [0.1, 0.15) is 19.5 Å². The van der Waals surface area contributed by atoms with Gasteiger partial charge in [0.1, 0.15) is 6.54 Å². The van der Waals surface area contributed by atoms with Crippen LogP contribution in [0.2, 0.25) is 0 Å². The Morgan fingerprint density at radius 2 is 2.16 bits per heavy atom. The highest BCUT2D eigenvalue weighted by atomic mass is 16.5. The minimum absolute atomic E-state index is 0.0582. The molecule has 7 heteroatoms. The summed E-state index contributed by atoms with van der Waals surface area (Å²) in [5, 5.41) is 10.9. The fraction of sp³-hybridized carbons (Fsp3) is 0.750. The van der Waals surface area contributed by atoms with Crippen molar-refractivity contribution in [3.05, 3.63) is 11.9 Å². The summed E-state index contributed by atoms with van der Waals surface area (Å²) >= 11 is 0. The van der Waals surface area contributed by atoms with Crippen molar-refractivity contribution >= 4 is 5.91 Å². The molecule has 0 aliphatic carbocycles. The van der Waals surface area contributed by atoms with Crippen molar-refractivity contribution < 1.29 is 9.53 Å². The number of hydrogen-bond donors (Lipinski definition) is 1. The first-order chi connectivity index (χ1) is 9.08. The van der Waals surface area contributed by atoms with Crippen molar-refractivity contribution in [3.63, 3.8) is 0 Å². The zero-order valence-electron chi connectivity index (χ0n) is 11.7. The summed E-state index contributed by atoms with van der Waals surface area (Å²) in [5.74, 6) is 0.0582. The molecule has 2 rings (SSSR count). The topological polar surface area (TPSA) is 72.3 Å². The molecule has 0 bridgehead atoms. The van der Waals surface area contributed by atoms with Gasteiger partial charge in [0.2, 0.25) is 5.91 Å². The third-order valence-corrected chi connectivity index (χ3v) is 3.01. The summed E-state index contributed by atoms with van der Waals surface area (Å²) < 4.78 is 7.20. The number of rotatable bonds is 4. The molecule has 106 valence electrons. The average molecular weight is 267 g/mol. The molecule has 2 atom stereocenters. The Bertz CT molecular complexity index is 424. The van der Waals surface area contributed by atoms with E-state index in [0.29, 0.717) is 19.6 Å². The fourth-order valence-electron chi connectivity index (χ4n) is 2.30. The van der Waals surface area contributed by atoms with Gasteiger partial charge in [-0.25, -0.2) is 4.68 Å². The molecule has 1 aromatic rings. The quantitative estimate of drug-likeness (QED) is 0.806. The summed E-state index contributed by atoms with van der Waals surface area (Å²) in [6.45, 7) is 6.13. The highest BCUT2D eigenvalue weighted by Gasteiger charge is 2.25. The molecule has 0 spiro atoms. The summed E-state index contributed by atoms with van der Waals surface area (Å²) in [4.78, 5) is 14.0. The summed E-state index contributed by atoms with van der Waals surface area (Å²) in [6, 6.07) is 0. The lowest BCUT2D eigenvalue weighted by molar-refractivity contribution is -0.144. The first kappa shape index (κ1) is 14.0. The number of nitrogens with zero attached hydrogens (tertiary/aromatic N) is 4. The van der Waals surface area contributed by atoms with Gasteiger partial charge in [-0.3, -0.25) is 4.79 Å². The van der Waals surface area contributed by atoms with E-state index < -0.39 is 0 Å². The Labute approximate surface area is 112 Å². The van der Waals surface area contributed by atoms with Gasteiger partial charge in [0.25, 0.3) is 0 Å². The first-order valence-corrected chi connectivity index (χ1v) is 6.55. The lowest BCUT2D eigenvalue weighted by Gasteiger charge is -2.35. The van der Waals surface area contributed by atoms with Crippen LogP contribution in [0.15, 0.2) is 6.20 Å². The number of carbonyl (C=O) groups is 1. The second-order valence-electron chi connectivity index (χ2n) is 4.99. The Morgan fingerprint density at radius 1 is 1.47 bits per heavy atom. The van der Waals surface area contributed by atoms with E-state index >= 15 is 0 Å². The molecule has 0 aromatic carbocycles. The van der Waals surface area contributed by atoms with Crippen molar-refractivity contribution in [2.24, 2.45) is 0 Å². The molecule has 1 amide bonds. The molecule has 1 saturated heterocycles. The maximum absolute atomic E-state index is 12.2. The highest BCUT2D eigenvalue weighted by molar-refractivity contribution is 5.76. The van der Waals surface area contributed by atoms with Gasteiger partial charge < -0.3 is 15.0 Å². The number of ether oxygens (including phenoxy) is 1. The second-order valence-corrected chi connectivity index (χ2v) is 4.99. The van der Waals surface area contributed by atoms with E-state index in [4.69, 9.17) is 4.74 Å². The van der Waals surface area contributed by atoms with Gasteiger partial charge in [-0.2, -0.15) is 0 Å². The standard InChI is InChI=1S/C12H21N5O2/c1-9-5-16(6-10(2)19-9)12(18)8-17-7-11(4-13-3)14-15-17/h7,9-10,13H,4-6,8H2,1-3H3. The molecule has 1 N–H and O–H groups in total. The smallest absolute Gasteiger partial charge is 0.244 e. The molecule has 2 heterocycles. The zero-order chi connectivity index (χ0) is 13.8. The van der Waals surface area contributed by atoms with Gasteiger partial charge in [-0.1, -0.05) is 5.21 Å². The Balaban J connectivity index is 1.92. The first-order valence-electron chi connectivity index (χ1n) is 6.55. The van der Waals surface area contributed by atoms with Crippen molar-refractivity contribution in [1.82, 2.24) is 25.2 Å². The molecule has 0 saturated carbocycles. The summed E-state index contributed by atoms with van der Waals surface area (Å²) in [7, 11) is 1.85. The molecule has 1 aromatic heterocycles. The largest absolute Gasteiger partial charge is 0.372 e. The Hall–Kier alpha value is -1.47. The third-order valence-electron chi connectivity index (χ3n) is 3.01. The molecule has 1 fully saturated rings. The van der Waals surface area contributed by atoms with Gasteiger partial charge in [-0.05, 0) is 20.9 Å². The molecular formula is C12H21N5O2. The van der Waals surface area contributed by atoms with Crippen LogP contribution in [0.5, 0.6) is 0 Å². The normalized spacial score (nSPS) is 23.6. The van der Waals surface area contributed by atoms with Gasteiger partial charge in [-0.15, -0.1) is 5.10 Å². The second kappa shape index (κ2) is 6.12. The molecule has 7 nitrogen and oxygen atoms in total. The number of hydrogen-bond acceptors (Lipinski definition) is 5. The molecule has 1 aliphatic rings. The number of nitrogens with one attached hydrogen (secondary N) is 1. The van der Waals surface area contributed by atoms with Gasteiger partial charge in [0.05, 0.1) is 24.1 Å². The number of carbonyl (C=O) groups excluding carboxylic acids is 1. The summed E-state index contributed by atoms with van der Waals surface area (Å²) in [5.41, 5.74) is 0.832. The van der Waals surface area contributed by atoms with Crippen LogP contribution >= 0.6 is 0 Å². The monoisotopic (exact) mass is 267 g/mol. The van der Waals surface area contributed by atoms with Crippen LogP contribution < -0.4 is 5.32 Å². The van der Waals surface area contributed by atoms with E-state index in [2.05, 4.69) is 15.6 Å². The molecule has 19 heavy (non-hydrogen) atoms. The van der Waals surface area contributed by atoms with Crippen molar-refractivity contribution in [2.75, 3.05) is 20.1 Å². The maximum Gasteiger partial charge on any atom is 0.244 e. The Morgan fingerprint density at radius 3 is 2.79 bits per heavy atom. The van der Waals surface area contributed by atoms with Crippen LogP contribution in [0, 0.1) is 0 Å². The van der Waals surface area contributed by atoms with Crippen molar-refractivity contribution in [1.29, 1.82) is 0 Å². The van der Waals surface area contributed by atoms with E-state index in [1.165, 1.54) is 0 Å². The van der Waals surface area contributed by atoms with Crippen LogP contribution in [0.25, 0.3) is 0 Å². The van der Waals surface area contributed by atoms with E-state index in [9.17, 15) is 4.79 Å². The average Bonchev–Trinajstić information content (AvgIpc) is 2.76. The summed E-state index contributed by atoms with van der Waals surface area (Å²) in [6.07, 6.45) is 1.97. The highest BCUT2D eigenvalue weighted by Crippen LogP contribution is 2.11. The SMILES string of the molecule is CNCc1cn(CC(=O)N2CC(C)OC(C)C2)nn1. The number of aromatic nitrogens is 3. The van der Waals surface area contributed by atoms with Crippen molar-refractivity contribution in [2.45, 2.75) is 39.1 Å². The minimum atomic E-state index is 0.0582. The lowest BCUT2D eigenvalue weighted by atomic mass is 10.2. The van der Waals surface area contributed by atoms with Gasteiger partial charge in [0.15, 0.2) is 0 Å².